The molecule has 0 aromatic heterocycles. The maximum atomic E-state index is 12.1. The minimum absolute atomic E-state index is 0.0524. The predicted octanol–water partition coefficient (Wildman–Crippen LogP) is 2.50. The number of rotatable bonds is 8. The smallest absolute Gasteiger partial charge is 0.321 e. The van der Waals surface area contributed by atoms with E-state index in [-0.39, 0.29) is 12.2 Å². The highest BCUT2D eigenvalue weighted by Gasteiger charge is 2.65. The minimum atomic E-state index is -1.73. The van der Waals surface area contributed by atoms with Gasteiger partial charge < -0.3 is 10.2 Å². The quantitative estimate of drug-likeness (QED) is 0.527. The molecule has 1 rings (SSSR count). The van der Waals surface area contributed by atoms with Gasteiger partial charge in [0.25, 0.3) is 0 Å². The molecule has 1 fully saturated rings. The highest BCUT2D eigenvalue weighted by atomic mass is 16.4. The van der Waals surface area contributed by atoms with E-state index in [4.69, 9.17) is 10.2 Å². The van der Waals surface area contributed by atoms with Gasteiger partial charge in [0.2, 0.25) is 0 Å². The first-order chi connectivity index (χ1) is 9.18. The Labute approximate surface area is 118 Å². The van der Waals surface area contributed by atoms with Crippen LogP contribution in [0.2, 0.25) is 0 Å². The van der Waals surface area contributed by atoms with E-state index >= 15 is 0 Å². The van der Waals surface area contributed by atoms with Gasteiger partial charge in [0.1, 0.15) is 0 Å². The Morgan fingerprint density at radius 3 is 2.20 bits per heavy atom. The summed E-state index contributed by atoms with van der Waals surface area (Å²) in [5, 5.41) is 18.0. The summed E-state index contributed by atoms with van der Waals surface area (Å²) in [6.45, 7) is 5.75. The molecule has 0 radical (unpaired) electrons. The Morgan fingerprint density at radius 2 is 1.80 bits per heavy atom. The van der Waals surface area contributed by atoms with Crippen LogP contribution in [-0.2, 0) is 14.4 Å². The molecule has 0 heterocycles. The maximum Gasteiger partial charge on any atom is 0.321 e. The van der Waals surface area contributed by atoms with Crippen molar-refractivity contribution < 1.29 is 24.6 Å². The summed E-state index contributed by atoms with van der Waals surface area (Å²) in [5.41, 5.74) is -2.22. The molecule has 0 aromatic rings. The number of carbonyl (C=O) groups is 3. The van der Waals surface area contributed by atoms with Crippen molar-refractivity contribution in [3.05, 3.63) is 12.2 Å². The van der Waals surface area contributed by atoms with Gasteiger partial charge in [-0.2, -0.15) is 0 Å². The number of unbranched alkanes of at least 4 members (excludes halogenated alkanes) is 1. The zero-order valence-electron chi connectivity index (χ0n) is 12.2. The Morgan fingerprint density at radius 1 is 1.25 bits per heavy atom. The zero-order valence-corrected chi connectivity index (χ0v) is 12.2. The van der Waals surface area contributed by atoms with E-state index < -0.39 is 28.7 Å². The molecule has 1 unspecified atom stereocenters. The van der Waals surface area contributed by atoms with Crippen LogP contribution < -0.4 is 0 Å². The lowest BCUT2D eigenvalue weighted by atomic mass is 9.82. The van der Waals surface area contributed by atoms with Crippen molar-refractivity contribution >= 4 is 17.7 Å². The summed E-state index contributed by atoms with van der Waals surface area (Å²) >= 11 is 0. The van der Waals surface area contributed by atoms with Crippen LogP contribution in [0, 0.1) is 16.7 Å². The summed E-state index contributed by atoms with van der Waals surface area (Å²) in [6, 6.07) is 0. The molecule has 0 spiro atoms. The van der Waals surface area contributed by atoms with Crippen LogP contribution in [0.5, 0.6) is 0 Å². The lowest BCUT2D eigenvalue weighted by Gasteiger charge is -2.20. The zero-order chi connectivity index (χ0) is 15.6. The summed E-state index contributed by atoms with van der Waals surface area (Å²) in [4.78, 5) is 34.1. The molecule has 1 aliphatic carbocycles. The number of carbonyl (C=O) groups excluding carboxylic acids is 1. The van der Waals surface area contributed by atoms with Crippen LogP contribution in [-0.4, -0.2) is 27.9 Å². The third-order valence-corrected chi connectivity index (χ3v) is 4.08. The molecule has 2 N–H and O–H groups in total. The summed E-state index contributed by atoms with van der Waals surface area (Å²) in [5.74, 6) is -3.35. The van der Waals surface area contributed by atoms with Crippen molar-refractivity contribution in [2.45, 2.75) is 46.5 Å². The number of hydrogen-bond donors (Lipinski definition) is 2. The number of carboxylic acid groups (broad SMARTS) is 2. The molecule has 0 bridgehead atoms. The van der Waals surface area contributed by atoms with Crippen LogP contribution in [0.1, 0.15) is 46.5 Å². The molecule has 20 heavy (non-hydrogen) atoms. The SMILES string of the molecule is CCCCC(C)(C)C(=O)/C=C/C1CC1(C(=O)O)C(=O)O. The van der Waals surface area contributed by atoms with Crippen LogP contribution in [0.4, 0.5) is 0 Å². The van der Waals surface area contributed by atoms with Crippen LogP contribution in [0.3, 0.4) is 0 Å². The fourth-order valence-corrected chi connectivity index (χ4v) is 2.27. The molecule has 5 heteroatoms. The largest absolute Gasteiger partial charge is 0.480 e. The average molecular weight is 282 g/mol. The van der Waals surface area contributed by atoms with Gasteiger partial charge in [0.05, 0.1) is 0 Å². The highest BCUT2D eigenvalue weighted by molar-refractivity contribution is 6.03. The van der Waals surface area contributed by atoms with Gasteiger partial charge >= 0.3 is 11.9 Å². The van der Waals surface area contributed by atoms with Crippen molar-refractivity contribution in [2.75, 3.05) is 0 Å². The van der Waals surface area contributed by atoms with Gasteiger partial charge in [0.15, 0.2) is 11.2 Å². The minimum Gasteiger partial charge on any atom is -0.480 e. The average Bonchev–Trinajstić information content (AvgIpc) is 3.09. The third kappa shape index (κ3) is 3.08. The number of aliphatic carboxylic acids is 2. The maximum absolute atomic E-state index is 12.1. The molecule has 1 saturated carbocycles. The Balaban J connectivity index is 2.69. The van der Waals surface area contributed by atoms with Gasteiger partial charge in [-0.15, -0.1) is 0 Å². The van der Waals surface area contributed by atoms with E-state index in [0.717, 1.165) is 19.3 Å². The van der Waals surface area contributed by atoms with Gasteiger partial charge in [0, 0.05) is 11.3 Å². The standard InChI is InChI=1S/C15H22O5/c1-4-5-8-14(2,3)11(16)7-6-10-9-15(10,12(17)18)13(19)20/h6-7,10H,4-5,8-9H2,1-3H3,(H,17,18)(H,19,20)/b7-6+. The van der Waals surface area contributed by atoms with Crippen LogP contribution in [0.15, 0.2) is 12.2 Å². The monoisotopic (exact) mass is 282 g/mol. The second-order valence-electron chi connectivity index (χ2n) is 6.10. The van der Waals surface area contributed by atoms with Crippen LogP contribution >= 0.6 is 0 Å². The molecule has 0 aliphatic heterocycles. The molecule has 0 amide bonds. The fraction of sp³-hybridized carbons (Fsp3) is 0.667. The van der Waals surface area contributed by atoms with Crippen LogP contribution in [0.25, 0.3) is 0 Å². The van der Waals surface area contributed by atoms with Crippen molar-refractivity contribution in [1.82, 2.24) is 0 Å². The molecule has 1 atom stereocenters. The first-order valence-electron chi connectivity index (χ1n) is 6.88. The van der Waals surface area contributed by atoms with Crippen molar-refractivity contribution in [2.24, 2.45) is 16.7 Å². The van der Waals surface area contributed by atoms with Crippen molar-refractivity contribution in [3.63, 3.8) is 0 Å². The Hall–Kier alpha value is -1.65. The molecule has 5 nitrogen and oxygen atoms in total. The van der Waals surface area contributed by atoms with E-state index in [9.17, 15) is 14.4 Å². The van der Waals surface area contributed by atoms with Crippen molar-refractivity contribution in [1.29, 1.82) is 0 Å². The topological polar surface area (TPSA) is 91.7 Å². The summed E-state index contributed by atoms with van der Waals surface area (Å²) in [7, 11) is 0. The van der Waals surface area contributed by atoms with E-state index in [1.807, 2.05) is 13.8 Å². The lowest BCUT2D eigenvalue weighted by Crippen LogP contribution is -2.27. The summed E-state index contributed by atoms with van der Waals surface area (Å²) in [6.07, 6.45) is 5.57. The second-order valence-corrected chi connectivity index (χ2v) is 6.10. The molecular weight excluding hydrogens is 260 g/mol. The normalized spacial score (nSPS) is 20.9. The Kier molecular flexibility index (Phi) is 4.73. The Bertz CT molecular complexity index is 433. The van der Waals surface area contributed by atoms with E-state index in [1.54, 1.807) is 0 Å². The molecular formula is C15H22O5. The number of carboxylic acids is 2. The van der Waals surface area contributed by atoms with Gasteiger partial charge in [-0.05, 0) is 18.9 Å². The number of hydrogen-bond acceptors (Lipinski definition) is 3. The highest BCUT2D eigenvalue weighted by Crippen LogP contribution is 2.54. The summed E-state index contributed by atoms with van der Waals surface area (Å²) < 4.78 is 0. The first-order valence-corrected chi connectivity index (χ1v) is 6.88. The lowest BCUT2D eigenvalue weighted by molar-refractivity contribution is -0.157. The second kappa shape index (κ2) is 5.77. The molecule has 0 aromatic carbocycles. The van der Waals surface area contributed by atoms with E-state index in [2.05, 4.69) is 6.92 Å². The molecule has 112 valence electrons. The van der Waals surface area contributed by atoms with Gasteiger partial charge in [-0.3, -0.25) is 14.4 Å². The first kappa shape index (κ1) is 16.4. The predicted molar refractivity (Wildman–Crippen MR) is 73.3 cm³/mol. The fourth-order valence-electron chi connectivity index (χ4n) is 2.27. The number of allylic oxidation sites excluding steroid dienone is 2. The van der Waals surface area contributed by atoms with Gasteiger partial charge in [-0.25, -0.2) is 0 Å². The van der Waals surface area contributed by atoms with E-state index in [1.165, 1.54) is 12.2 Å². The molecule has 0 saturated heterocycles. The molecule has 1 aliphatic rings. The van der Waals surface area contributed by atoms with Crippen molar-refractivity contribution in [3.8, 4) is 0 Å². The number of ketones is 1. The third-order valence-electron chi connectivity index (χ3n) is 4.08. The van der Waals surface area contributed by atoms with E-state index in [0.29, 0.717) is 0 Å². The van der Waals surface area contributed by atoms with Gasteiger partial charge in [-0.1, -0.05) is 39.7 Å².